The van der Waals surface area contributed by atoms with Crippen molar-refractivity contribution >= 4 is 33.4 Å². The molecule has 0 bridgehead atoms. The molecule has 1 aliphatic heterocycles. The van der Waals surface area contributed by atoms with Crippen molar-refractivity contribution in [3.8, 4) is 5.75 Å². The SMILES string of the molecule is CCOc1ccc(S(=O)(=O)N[C@@H](C)C(=O)N2CCC(C(N)=O)CC2)cc1Cl. The van der Waals surface area contributed by atoms with Gasteiger partial charge in [-0.2, -0.15) is 4.72 Å². The van der Waals surface area contributed by atoms with E-state index in [9.17, 15) is 18.0 Å². The van der Waals surface area contributed by atoms with Gasteiger partial charge in [-0.1, -0.05) is 11.6 Å². The molecule has 27 heavy (non-hydrogen) atoms. The van der Waals surface area contributed by atoms with Crippen LogP contribution in [0.5, 0.6) is 5.75 Å². The van der Waals surface area contributed by atoms with E-state index in [0.29, 0.717) is 38.3 Å². The van der Waals surface area contributed by atoms with E-state index in [4.69, 9.17) is 22.1 Å². The van der Waals surface area contributed by atoms with Gasteiger partial charge in [0.25, 0.3) is 0 Å². The summed E-state index contributed by atoms with van der Waals surface area (Å²) < 4.78 is 32.8. The molecule has 0 saturated carbocycles. The average Bonchev–Trinajstić information content (AvgIpc) is 2.62. The molecule has 1 saturated heterocycles. The summed E-state index contributed by atoms with van der Waals surface area (Å²) in [7, 11) is -3.93. The van der Waals surface area contributed by atoms with Gasteiger partial charge in [0, 0.05) is 19.0 Å². The lowest BCUT2D eigenvalue weighted by atomic mass is 9.96. The van der Waals surface area contributed by atoms with Gasteiger partial charge >= 0.3 is 0 Å². The standard InChI is InChI=1S/C17H24ClN3O5S/c1-3-26-15-5-4-13(10-14(15)18)27(24,25)20-11(2)17(23)21-8-6-12(7-9-21)16(19)22/h4-5,10-12,20H,3,6-9H2,1-2H3,(H2,19,22)/t11-/m0/s1. The Morgan fingerprint density at radius 3 is 2.52 bits per heavy atom. The molecule has 1 atom stereocenters. The van der Waals surface area contributed by atoms with Crippen molar-refractivity contribution in [2.45, 2.75) is 37.6 Å². The summed E-state index contributed by atoms with van der Waals surface area (Å²) in [4.78, 5) is 25.2. The summed E-state index contributed by atoms with van der Waals surface area (Å²) in [5.41, 5.74) is 5.28. The number of carbonyl (C=O) groups excluding carboxylic acids is 2. The monoisotopic (exact) mass is 417 g/mol. The quantitative estimate of drug-likeness (QED) is 0.689. The maximum absolute atomic E-state index is 12.6. The summed E-state index contributed by atoms with van der Waals surface area (Å²) in [6.07, 6.45) is 0.962. The van der Waals surface area contributed by atoms with Gasteiger partial charge in [-0.3, -0.25) is 9.59 Å². The third-order valence-corrected chi connectivity index (χ3v) is 6.26. The van der Waals surface area contributed by atoms with Crippen molar-refractivity contribution in [2.24, 2.45) is 11.7 Å². The van der Waals surface area contributed by atoms with Gasteiger partial charge in [0.2, 0.25) is 21.8 Å². The van der Waals surface area contributed by atoms with Crippen LogP contribution in [0.1, 0.15) is 26.7 Å². The third kappa shape index (κ3) is 5.33. The number of piperidine rings is 1. The molecular formula is C17H24ClN3O5S. The molecule has 1 aromatic rings. The molecule has 3 N–H and O–H groups in total. The van der Waals surface area contributed by atoms with Crippen molar-refractivity contribution in [3.63, 3.8) is 0 Å². The van der Waals surface area contributed by atoms with E-state index in [2.05, 4.69) is 4.72 Å². The Morgan fingerprint density at radius 2 is 2.00 bits per heavy atom. The molecule has 1 fully saturated rings. The molecule has 0 aromatic heterocycles. The third-order valence-electron chi connectivity index (χ3n) is 4.42. The fraction of sp³-hybridized carbons (Fsp3) is 0.529. The topological polar surface area (TPSA) is 119 Å². The van der Waals surface area contributed by atoms with Gasteiger partial charge in [0.1, 0.15) is 5.75 Å². The molecule has 0 radical (unpaired) electrons. The van der Waals surface area contributed by atoms with Gasteiger partial charge in [-0.25, -0.2) is 8.42 Å². The van der Waals surface area contributed by atoms with Crippen molar-refractivity contribution in [3.05, 3.63) is 23.2 Å². The summed E-state index contributed by atoms with van der Waals surface area (Å²) in [6, 6.07) is 3.17. The molecule has 0 spiro atoms. The van der Waals surface area contributed by atoms with E-state index in [1.807, 2.05) is 0 Å². The largest absolute Gasteiger partial charge is 0.492 e. The smallest absolute Gasteiger partial charge is 0.241 e. The van der Waals surface area contributed by atoms with Crippen molar-refractivity contribution in [1.29, 1.82) is 0 Å². The molecule has 150 valence electrons. The Bertz CT molecular complexity index is 807. The minimum atomic E-state index is -3.93. The Kier molecular flexibility index (Phi) is 7.07. The average molecular weight is 418 g/mol. The number of rotatable bonds is 7. The number of likely N-dealkylation sites (tertiary alicyclic amines) is 1. The van der Waals surface area contributed by atoms with Crippen molar-refractivity contribution in [2.75, 3.05) is 19.7 Å². The van der Waals surface area contributed by atoms with Crippen LogP contribution in [0.25, 0.3) is 0 Å². The lowest BCUT2D eigenvalue weighted by molar-refractivity contribution is -0.136. The first kappa shape index (κ1) is 21.5. The number of amides is 2. The van der Waals surface area contributed by atoms with Crippen LogP contribution in [0.3, 0.4) is 0 Å². The maximum atomic E-state index is 12.6. The second-order valence-corrected chi connectivity index (χ2v) is 8.49. The molecule has 8 nitrogen and oxygen atoms in total. The highest BCUT2D eigenvalue weighted by atomic mass is 35.5. The second-order valence-electron chi connectivity index (χ2n) is 6.37. The second kappa shape index (κ2) is 8.90. The van der Waals surface area contributed by atoms with Crippen LogP contribution in [0.15, 0.2) is 23.1 Å². The Morgan fingerprint density at radius 1 is 1.37 bits per heavy atom. The van der Waals surface area contributed by atoms with Crippen LogP contribution in [0.2, 0.25) is 5.02 Å². The van der Waals surface area contributed by atoms with E-state index in [1.54, 1.807) is 6.92 Å². The Labute approximate surface area is 164 Å². The summed E-state index contributed by atoms with van der Waals surface area (Å²) in [5.74, 6) is -0.576. The van der Waals surface area contributed by atoms with Crippen LogP contribution in [0.4, 0.5) is 0 Å². The number of ether oxygens (including phenoxy) is 1. The Hall–Kier alpha value is -1.84. The number of nitrogens with two attached hydrogens (primary N) is 1. The number of halogens is 1. The number of carbonyl (C=O) groups is 2. The maximum Gasteiger partial charge on any atom is 0.241 e. The number of hydrogen-bond donors (Lipinski definition) is 2. The van der Waals surface area contributed by atoms with Crippen LogP contribution in [0, 0.1) is 5.92 Å². The highest BCUT2D eigenvalue weighted by Crippen LogP contribution is 2.27. The summed E-state index contributed by atoms with van der Waals surface area (Å²) in [5, 5.41) is 0.173. The fourth-order valence-corrected chi connectivity index (χ4v) is 4.45. The Balaban J connectivity index is 2.03. The number of sulfonamides is 1. The molecule has 0 aliphatic carbocycles. The zero-order valence-corrected chi connectivity index (χ0v) is 16.8. The molecule has 2 rings (SSSR count). The minimum Gasteiger partial charge on any atom is -0.492 e. The fourth-order valence-electron chi connectivity index (χ4n) is 2.93. The number of benzene rings is 1. The van der Waals surface area contributed by atoms with Gasteiger partial charge < -0.3 is 15.4 Å². The van der Waals surface area contributed by atoms with Crippen LogP contribution in [-0.2, 0) is 19.6 Å². The lowest BCUT2D eigenvalue weighted by Gasteiger charge is -2.32. The van der Waals surface area contributed by atoms with E-state index < -0.39 is 16.1 Å². The first-order valence-corrected chi connectivity index (χ1v) is 10.5. The summed E-state index contributed by atoms with van der Waals surface area (Å²) in [6.45, 7) is 4.42. The number of nitrogens with one attached hydrogen (secondary N) is 1. The van der Waals surface area contributed by atoms with Crippen molar-refractivity contribution in [1.82, 2.24) is 9.62 Å². The predicted molar refractivity (Wildman–Crippen MR) is 101 cm³/mol. The first-order valence-electron chi connectivity index (χ1n) is 8.68. The normalized spacial score (nSPS) is 16.8. The van der Waals surface area contributed by atoms with E-state index in [1.165, 1.54) is 30.0 Å². The molecule has 10 heteroatoms. The number of nitrogens with zero attached hydrogens (tertiary/aromatic N) is 1. The van der Waals surface area contributed by atoms with Crippen molar-refractivity contribution < 1.29 is 22.7 Å². The predicted octanol–water partition coefficient (Wildman–Crippen LogP) is 1.13. The molecule has 2 amide bonds. The van der Waals surface area contributed by atoms with Crippen LogP contribution < -0.4 is 15.2 Å². The number of primary amides is 1. The van der Waals surface area contributed by atoms with E-state index in [-0.39, 0.29) is 27.7 Å². The van der Waals surface area contributed by atoms with Crippen LogP contribution >= 0.6 is 11.6 Å². The number of hydrogen-bond acceptors (Lipinski definition) is 5. The first-order chi connectivity index (χ1) is 12.7. The zero-order chi connectivity index (χ0) is 20.2. The van der Waals surface area contributed by atoms with Gasteiger partial charge in [-0.15, -0.1) is 0 Å². The lowest BCUT2D eigenvalue weighted by Crippen LogP contribution is -2.50. The van der Waals surface area contributed by atoms with Gasteiger partial charge in [0.15, 0.2) is 0 Å². The van der Waals surface area contributed by atoms with E-state index >= 15 is 0 Å². The van der Waals surface area contributed by atoms with Gasteiger partial charge in [0.05, 0.1) is 22.6 Å². The summed E-state index contributed by atoms with van der Waals surface area (Å²) >= 11 is 6.04. The molecule has 1 heterocycles. The highest BCUT2D eigenvalue weighted by molar-refractivity contribution is 7.89. The van der Waals surface area contributed by atoms with Gasteiger partial charge in [-0.05, 0) is 44.9 Å². The molecule has 0 unspecified atom stereocenters. The minimum absolute atomic E-state index is 0.0527. The van der Waals surface area contributed by atoms with E-state index in [0.717, 1.165) is 0 Å². The molecule has 1 aromatic carbocycles. The van der Waals surface area contributed by atoms with Crippen LogP contribution in [-0.4, -0.2) is 50.9 Å². The molecular weight excluding hydrogens is 394 g/mol. The zero-order valence-electron chi connectivity index (χ0n) is 15.3. The molecule has 1 aliphatic rings. The highest BCUT2D eigenvalue weighted by Gasteiger charge is 2.30.